The van der Waals surface area contributed by atoms with Crippen LogP contribution in [0.3, 0.4) is 0 Å². The van der Waals surface area contributed by atoms with E-state index >= 15 is 0 Å². The Labute approximate surface area is 119 Å². The van der Waals surface area contributed by atoms with Crippen molar-refractivity contribution in [3.05, 3.63) is 47.5 Å². The van der Waals surface area contributed by atoms with E-state index in [2.05, 4.69) is 0 Å². The largest absolute Gasteiger partial charge is 0.275 e. The molecule has 0 radical (unpaired) electrons. The fourth-order valence-corrected chi connectivity index (χ4v) is 3.20. The van der Waals surface area contributed by atoms with Crippen LogP contribution in [0.25, 0.3) is 0 Å². The summed E-state index contributed by atoms with van der Waals surface area (Å²) in [5, 5.41) is 0. The van der Waals surface area contributed by atoms with Crippen LogP contribution in [0.5, 0.6) is 0 Å². The second-order valence-corrected chi connectivity index (χ2v) is 5.79. The number of amides is 2. The summed E-state index contributed by atoms with van der Waals surface area (Å²) < 4.78 is 0. The minimum absolute atomic E-state index is 0.00238. The van der Waals surface area contributed by atoms with Crippen molar-refractivity contribution in [1.29, 1.82) is 0 Å². The number of imide groups is 1. The van der Waals surface area contributed by atoms with Gasteiger partial charge < -0.3 is 0 Å². The van der Waals surface area contributed by atoms with E-state index in [4.69, 9.17) is 0 Å². The summed E-state index contributed by atoms with van der Waals surface area (Å²) in [5.41, 5.74) is 2.20. The Hall–Kier alpha value is -1.90. The molecule has 0 spiro atoms. The van der Waals surface area contributed by atoms with Gasteiger partial charge in [-0.25, -0.2) is 0 Å². The number of carbonyl (C=O) groups is 2. The lowest BCUT2D eigenvalue weighted by Gasteiger charge is -2.23. The molecule has 3 heteroatoms. The topological polar surface area (TPSA) is 37.4 Å². The van der Waals surface area contributed by atoms with Gasteiger partial charge in [0.15, 0.2) is 0 Å². The zero-order valence-corrected chi connectivity index (χ0v) is 11.9. The number of nitrogens with zero attached hydrogens (tertiary/aromatic N) is 1. The molecule has 1 aromatic carbocycles. The molecule has 0 N–H and O–H groups in total. The number of benzene rings is 1. The molecule has 0 bridgehead atoms. The summed E-state index contributed by atoms with van der Waals surface area (Å²) in [4.78, 5) is 26.5. The van der Waals surface area contributed by atoms with E-state index in [1.165, 1.54) is 10.5 Å². The molecule has 1 heterocycles. The second kappa shape index (κ2) is 4.89. The summed E-state index contributed by atoms with van der Waals surface area (Å²) >= 11 is 0. The van der Waals surface area contributed by atoms with Crippen molar-refractivity contribution in [3.8, 4) is 0 Å². The molecule has 3 nitrogen and oxygen atoms in total. The van der Waals surface area contributed by atoms with Crippen molar-refractivity contribution in [3.63, 3.8) is 0 Å². The monoisotopic (exact) mass is 269 g/mol. The Bertz CT molecular complexity index is 547. The van der Waals surface area contributed by atoms with E-state index in [1.54, 1.807) is 0 Å². The summed E-state index contributed by atoms with van der Waals surface area (Å²) in [6.07, 6.45) is 5.44. The lowest BCUT2D eigenvalue weighted by molar-refractivity contribution is -0.142. The summed E-state index contributed by atoms with van der Waals surface area (Å²) in [7, 11) is 0. The predicted molar refractivity (Wildman–Crippen MR) is 76.8 cm³/mol. The Kier molecular flexibility index (Phi) is 3.20. The Morgan fingerprint density at radius 1 is 1.00 bits per heavy atom. The Morgan fingerprint density at radius 2 is 1.50 bits per heavy atom. The van der Waals surface area contributed by atoms with Gasteiger partial charge in [-0.15, -0.1) is 0 Å². The molecule has 2 aliphatic rings. The van der Waals surface area contributed by atoms with Gasteiger partial charge in [-0.2, -0.15) is 0 Å². The third kappa shape index (κ3) is 1.98. The maximum absolute atomic E-state index is 12.5. The molecule has 0 saturated carbocycles. The maximum Gasteiger partial charge on any atom is 0.233 e. The molecule has 0 unspecified atom stereocenters. The highest BCUT2D eigenvalue weighted by atomic mass is 16.2. The SMILES string of the molecule is Cc1ccc([C@H](C)N2C(=O)[C@@H]3CC=CC[C@H]3C2=O)cc1. The molecule has 3 atom stereocenters. The predicted octanol–water partition coefficient (Wildman–Crippen LogP) is 3.01. The minimum Gasteiger partial charge on any atom is -0.275 e. The van der Waals surface area contributed by atoms with Gasteiger partial charge in [-0.3, -0.25) is 14.5 Å². The van der Waals surface area contributed by atoms with Crippen molar-refractivity contribution in [2.45, 2.75) is 32.7 Å². The molecule has 1 aliphatic carbocycles. The van der Waals surface area contributed by atoms with Crippen molar-refractivity contribution in [2.75, 3.05) is 0 Å². The second-order valence-electron chi connectivity index (χ2n) is 5.79. The van der Waals surface area contributed by atoms with Crippen LogP contribution in [0.2, 0.25) is 0 Å². The van der Waals surface area contributed by atoms with Crippen LogP contribution in [0.4, 0.5) is 0 Å². The number of rotatable bonds is 2. The fraction of sp³-hybridized carbons (Fsp3) is 0.412. The van der Waals surface area contributed by atoms with Crippen LogP contribution in [0.1, 0.15) is 36.9 Å². The number of fused-ring (bicyclic) bond motifs is 1. The highest BCUT2D eigenvalue weighted by Crippen LogP contribution is 2.39. The summed E-state index contributed by atoms with van der Waals surface area (Å²) in [6, 6.07) is 7.86. The number of hydrogen-bond acceptors (Lipinski definition) is 2. The molecule has 20 heavy (non-hydrogen) atoms. The lowest BCUT2D eigenvalue weighted by Crippen LogP contribution is -2.33. The number of carbonyl (C=O) groups excluding carboxylic acids is 2. The highest BCUT2D eigenvalue weighted by molar-refractivity contribution is 6.05. The van der Waals surface area contributed by atoms with Gasteiger partial charge in [0, 0.05) is 0 Å². The zero-order valence-electron chi connectivity index (χ0n) is 11.9. The van der Waals surface area contributed by atoms with Crippen LogP contribution in [-0.2, 0) is 9.59 Å². The van der Waals surface area contributed by atoms with Gasteiger partial charge in [0.1, 0.15) is 0 Å². The minimum atomic E-state index is -0.179. The van der Waals surface area contributed by atoms with Crippen molar-refractivity contribution >= 4 is 11.8 Å². The van der Waals surface area contributed by atoms with Crippen LogP contribution in [0, 0.1) is 18.8 Å². The molecule has 1 fully saturated rings. The number of likely N-dealkylation sites (tertiary alicyclic amines) is 1. The van der Waals surface area contributed by atoms with Crippen LogP contribution >= 0.6 is 0 Å². The van der Waals surface area contributed by atoms with Crippen LogP contribution < -0.4 is 0 Å². The molecule has 3 rings (SSSR count). The average molecular weight is 269 g/mol. The molecule has 1 aromatic rings. The lowest BCUT2D eigenvalue weighted by atomic mass is 9.85. The third-order valence-electron chi connectivity index (χ3n) is 4.49. The highest BCUT2D eigenvalue weighted by Gasteiger charge is 2.48. The van der Waals surface area contributed by atoms with E-state index in [0.717, 1.165) is 5.56 Å². The van der Waals surface area contributed by atoms with Gasteiger partial charge in [0.05, 0.1) is 17.9 Å². The Balaban J connectivity index is 1.88. The van der Waals surface area contributed by atoms with Gasteiger partial charge in [0.25, 0.3) is 0 Å². The normalized spacial score (nSPS) is 26.8. The standard InChI is InChI=1S/C17H19NO2/c1-11-7-9-13(10-8-11)12(2)18-16(19)14-5-3-4-6-15(14)17(18)20/h3-4,7-10,12,14-15H,5-6H2,1-2H3/t12-,14+,15+/m0/s1. The zero-order chi connectivity index (χ0) is 14.3. The molecule has 1 saturated heterocycles. The first-order chi connectivity index (χ1) is 9.59. The third-order valence-corrected chi connectivity index (χ3v) is 4.49. The number of aryl methyl sites for hydroxylation is 1. The molecule has 0 aromatic heterocycles. The molecular weight excluding hydrogens is 250 g/mol. The molecule has 1 aliphatic heterocycles. The molecule has 104 valence electrons. The smallest absolute Gasteiger partial charge is 0.233 e. The van der Waals surface area contributed by atoms with E-state index in [-0.39, 0.29) is 29.7 Å². The van der Waals surface area contributed by atoms with Crippen molar-refractivity contribution in [2.24, 2.45) is 11.8 Å². The van der Waals surface area contributed by atoms with Gasteiger partial charge in [-0.05, 0) is 32.3 Å². The quantitative estimate of drug-likeness (QED) is 0.611. The van der Waals surface area contributed by atoms with E-state index in [1.807, 2.05) is 50.3 Å². The first-order valence-electron chi connectivity index (χ1n) is 7.18. The summed E-state index contributed by atoms with van der Waals surface area (Å²) in [5.74, 6) is -0.282. The van der Waals surface area contributed by atoms with Gasteiger partial charge >= 0.3 is 0 Å². The number of allylic oxidation sites excluding steroid dienone is 2. The maximum atomic E-state index is 12.5. The van der Waals surface area contributed by atoms with Crippen molar-refractivity contribution < 1.29 is 9.59 Å². The first kappa shape index (κ1) is 13.1. The number of hydrogen-bond donors (Lipinski definition) is 0. The Morgan fingerprint density at radius 3 is 2.00 bits per heavy atom. The van der Waals surface area contributed by atoms with Gasteiger partial charge in [-0.1, -0.05) is 42.0 Å². The van der Waals surface area contributed by atoms with Crippen molar-refractivity contribution in [1.82, 2.24) is 4.90 Å². The van der Waals surface area contributed by atoms with E-state index < -0.39 is 0 Å². The molecular formula is C17H19NO2. The first-order valence-corrected chi connectivity index (χ1v) is 7.18. The summed E-state index contributed by atoms with van der Waals surface area (Å²) in [6.45, 7) is 3.96. The molecule has 2 amide bonds. The van der Waals surface area contributed by atoms with Crippen LogP contribution in [-0.4, -0.2) is 16.7 Å². The fourth-order valence-electron chi connectivity index (χ4n) is 3.20. The van der Waals surface area contributed by atoms with E-state index in [9.17, 15) is 9.59 Å². The van der Waals surface area contributed by atoms with Gasteiger partial charge in [0.2, 0.25) is 11.8 Å². The van der Waals surface area contributed by atoms with E-state index in [0.29, 0.717) is 12.8 Å². The average Bonchev–Trinajstić information content (AvgIpc) is 2.72. The van der Waals surface area contributed by atoms with Crippen LogP contribution in [0.15, 0.2) is 36.4 Å².